The van der Waals surface area contributed by atoms with Gasteiger partial charge in [0.25, 0.3) is 0 Å². The molecule has 0 radical (unpaired) electrons. The maximum Gasteiger partial charge on any atom is 0.387 e. The molecule has 1 aromatic carbocycles. The van der Waals surface area contributed by atoms with Gasteiger partial charge >= 0.3 is 6.61 Å². The smallest absolute Gasteiger partial charge is 0.387 e. The Hall–Kier alpha value is -1.53. The number of halogens is 3. The number of ether oxygens (including phenoxy) is 1. The van der Waals surface area contributed by atoms with Crippen molar-refractivity contribution in [2.45, 2.75) is 52.4 Å². The van der Waals surface area contributed by atoms with Gasteiger partial charge in [0.2, 0.25) is 0 Å². The normalized spacial score (nSPS) is 13.0. The monoisotopic (exact) mass is 554 g/mol. The van der Waals surface area contributed by atoms with Gasteiger partial charge in [-0.15, -0.1) is 35.3 Å². The summed E-state index contributed by atoms with van der Waals surface area (Å²) in [5.74, 6) is 0.619. The van der Waals surface area contributed by atoms with E-state index in [0.717, 1.165) is 10.7 Å². The Bertz CT molecular complexity index is 795. The van der Waals surface area contributed by atoms with Crippen molar-refractivity contribution in [2.24, 2.45) is 4.99 Å². The van der Waals surface area contributed by atoms with Gasteiger partial charge in [0.1, 0.15) is 10.8 Å². The van der Waals surface area contributed by atoms with E-state index in [1.54, 1.807) is 23.5 Å². The fourth-order valence-corrected chi connectivity index (χ4v) is 3.34. The minimum Gasteiger partial charge on any atom is -0.435 e. The summed E-state index contributed by atoms with van der Waals surface area (Å²) in [5, 5.41) is 19.5. The molecule has 0 fully saturated rings. The van der Waals surface area contributed by atoms with Crippen molar-refractivity contribution in [3.63, 3.8) is 0 Å². The lowest BCUT2D eigenvalue weighted by atomic mass is 9.93. The zero-order valence-electron chi connectivity index (χ0n) is 17.5. The molecule has 0 bridgehead atoms. The summed E-state index contributed by atoms with van der Waals surface area (Å²) in [7, 11) is 0. The summed E-state index contributed by atoms with van der Waals surface area (Å²) in [6.07, 6.45) is -0.827. The Morgan fingerprint density at radius 1 is 1.23 bits per heavy atom. The van der Waals surface area contributed by atoms with Crippen molar-refractivity contribution in [3.05, 3.63) is 45.9 Å². The molecule has 0 saturated carbocycles. The second kappa shape index (κ2) is 12.4. The number of aromatic nitrogens is 1. The Balaban J connectivity index is 0.00000450. The van der Waals surface area contributed by atoms with Gasteiger partial charge in [0.05, 0.1) is 18.3 Å². The first-order valence-corrected chi connectivity index (χ1v) is 10.3. The Labute approximate surface area is 197 Å². The van der Waals surface area contributed by atoms with Crippen LogP contribution in [0.1, 0.15) is 50.1 Å². The van der Waals surface area contributed by atoms with Gasteiger partial charge in [-0.25, -0.2) is 9.98 Å². The molecular weight excluding hydrogens is 525 g/mol. The molecule has 3 N–H and O–H groups in total. The van der Waals surface area contributed by atoms with Crippen LogP contribution in [0, 0.1) is 0 Å². The molecule has 10 heteroatoms. The predicted molar refractivity (Wildman–Crippen MR) is 127 cm³/mol. The van der Waals surface area contributed by atoms with Crippen molar-refractivity contribution in [3.8, 4) is 5.75 Å². The maximum absolute atomic E-state index is 12.2. The molecule has 0 amide bonds. The van der Waals surface area contributed by atoms with E-state index in [2.05, 4.69) is 51.5 Å². The van der Waals surface area contributed by atoms with Gasteiger partial charge in [0, 0.05) is 23.9 Å². The number of rotatable bonds is 8. The number of alkyl halides is 2. The summed E-state index contributed by atoms with van der Waals surface area (Å²) in [5.41, 5.74) is 1.63. The summed E-state index contributed by atoms with van der Waals surface area (Å²) >= 11 is 1.57. The number of hydrogen-bond donors (Lipinski definition) is 3. The fraction of sp³-hybridized carbons (Fsp3) is 0.500. The van der Waals surface area contributed by atoms with Crippen LogP contribution in [-0.4, -0.2) is 35.8 Å². The summed E-state index contributed by atoms with van der Waals surface area (Å²) in [6.45, 7) is 6.77. The third kappa shape index (κ3) is 8.68. The van der Waals surface area contributed by atoms with Crippen LogP contribution in [-0.2, 0) is 12.0 Å². The van der Waals surface area contributed by atoms with Gasteiger partial charge in [-0.2, -0.15) is 8.78 Å². The van der Waals surface area contributed by atoms with Gasteiger partial charge in [-0.1, -0.05) is 32.9 Å². The number of nitrogens with zero attached hydrogens (tertiary/aromatic N) is 2. The van der Waals surface area contributed by atoms with E-state index in [0.29, 0.717) is 24.6 Å². The van der Waals surface area contributed by atoms with E-state index >= 15 is 0 Å². The molecule has 1 aromatic heterocycles. The highest BCUT2D eigenvalue weighted by Gasteiger charge is 2.17. The van der Waals surface area contributed by atoms with Crippen LogP contribution in [0.3, 0.4) is 0 Å². The second-order valence-corrected chi connectivity index (χ2v) is 8.36. The molecular formula is C20H29F2IN4O2S. The van der Waals surface area contributed by atoms with E-state index in [1.165, 1.54) is 12.1 Å². The van der Waals surface area contributed by atoms with Crippen molar-refractivity contribution in [1.82, 2.24) is 15.6 Å². The highest BCUT2D eigenvalue weighted by Crippen LogP contribution is 2.24. The molecule has 2 aromatic rings. The standard InChI is InChI=1S/C20H28F2N4O2S.HI/c1-5-23-19(25-11-17-26-16(12-29-17)20(2,3)4)24-10-15(27)13-6-8-14(9-7-13)28-18(21)22;/h6-9,12,15,18,27H,5,10-11H2,1-4H3,(H2,23,24,25);1H. The number of aliphatic imine (C=N–C) groups is 1. The summed E-state index contributed by atoms with van der Waals surface area (Å²) in [4.78, 5) is 9.15. The molecule has 0 aliphatic carbocycles. The maximum atomic E-state index is 12.2. The zero-order chi connectivity index (χ0) is 21.4. The largest absolute Gasteiger partial charge is 0.435 e. The lowest BCUT2D eigenvalue weighted by molar-refractivity contribution is -0.0498. The van der Waals surface area contributed by atoms with Gasteiger partial charge in [0.15, 0.2) is 5.96 Å². The van der Waals surface area contributed by atoms with Crippen LogP contribution in [0.4, 0.5) is 8.78 Å². The molecule has 0 saturated heterocycles. The van der Waals surface area contributed by atoms with E-state index in [1.807, 2.05) is 6.92 Å². The molecule has 1 atom stereocenters. The lowest BCUT2D eigenvalue weighted by Gasteiger charge is -2.16. The van der Waals surface area contributed by atoms with Crippen LogP contribution in [0.5, 0.6) is 5.75 Å². The predicted octanol–water partition coefficient (Wildman–Crippen LogP) is 4.45. The minimum absolute atomic E-state index is 0. The summed E-state index contributed by atoms with van der Waals surface area (Å²) in [6, 6.07) is 5.91. The third-order valence-electron chi connectivity index (χ3n) is 3.99. The quantitative estimate of drug-likeness (QED) is 0.256. The first-order chi connectivity index (χ1) is 13.7. The van der Waals surface area contributed by atoms with Crippen LogP contribution in [0.2, 0.25) is 0 Å². The Morgan fingerprint density at radius 2 is 1.90 bits per heavy atom. The molecule has 1 unspecified atom stereocenters. The average Bonchev–Trinajstić information content (AvgIpc) is 3.13. The molecule has 6 nitrogen and oxygen atoms in total. The van der Waals surface area contributed by atoms with E-state index in [9.17, 15) is 13.9 Å². The van der Waals surface area contributed by atoms with Gasteiger partial charge < -0.3 is 20.5 Å². The number of hydrogen-bond acceptors (Lipinski definition) is 5. The first-order valence-electron chi connectivity index (χ1n) is 9.39. The zero-order valence-corrected chi connectivity index (χ0v) is 20.6. The van der Waals surface area contributed by atoms with E-state index in [4.69, 9.17) is 0 Å². The van der Waals surface area contributed by atoms with Crippen LogP contribution >= 0.6 is 35.3 Å². The number of guanidine groups is 1. The second-order valence-electron chi connectivity index (χ2n) is 7.42. The third-order valence-corrected chi connectivity index (χ3v) is 4.82. The lowest BCUT2D eigenvalue weighted by Crippen LogP contribution is -2.39. The number of nitrogens with one attached hydrogen (secondary N) is 2. The van der Waals surface area contributed by atoms with Crippen LogP contribution in [0.25, 0.3) is 0 Å². The number of aliphatic hydroxyl groups excluding tert-OH is 1. The Morgan fingerprint density at radius 3 is 2.43 bits per heavy atom. The number of benzene rings is 1. The first kappa shape index (κ1) is 26.5. The van der Waals surface area contributed by atoms with E-state index < -0.39 is 12.7 Å². The Kier molecular flexibility index (Phi) is 10.9. The molecule has 0 aliphatic rings. The van der Waals surface area contributed by atoms with Gasteiger partial charge in [-0.05, 0) is 24.6 Å². The number of thiazole rings is 1. The van der Waals surface area contributed by atoms with Crippen LogP contribution < -0.4 is 15.4 Å². The SMILES string of the molecule is CCNC(=NCc1nc(C(C)(C)C)cs1)NCC(O)c1ccc(OC(F)F)cc1.I. The fourth-order valence-electron chi connectivity index (χ4n) is 2.40. The number of aliphatic hydroxyl groups is 1. The molecule has 30 heavy (non-hydrogen) atoms. The van der Waals surface area contributed by atoms with E-state index in [-0.39, 0.29) is 41.7 Å². The highest BCUT2D eigenvalue weighted by molar-refractivity contribution is 14.0. The molecule has 2 rings (SSSR count). The van der Waals surface area contributed by atoms with Crippen molar-refractivity contribution in [2.75, 3.05) is 13.1 Å². The highest BCUT2D eigenvalue weighted by atomic mass is 127. The molecule has 1 heterocycles. The van der Waals surface area contributed by atoms with Gasteiger partial charge in [-0.3, -0.25) is 0 Å². The minimum atomic E-state index is -2.87. The summed E-state index contributed by atoms with van der Waals surface area (Å²) < 4.78 is 28.7. The van der Waals surface area contributed by atoms with Crippen molar-refractivity contribution in [1.29, 1.82) is 0 Å². The molecule has 0 aliphatic heterocycles. The molecule has 0 spiro atoms. The average molecular weight is 554 g/mol. The van der Waals surface area contributed by atoms with Crippen molar-refractivity contribution < 1.29 is 18.6 Å². The topological polar surface area (TPSA) is 78.8 Å². The van der Waals surface area contributed by atoms with Crippen LogP contribution in [0.15, 0.2) is 34.6 Å². The van der Waals surface area contributed by atoms with Crippen molar-refractivity contribution >= 4 is 41.3 Å². The molecule has 168 valence electrons.